The summed E-state index contributed by atoms with van der Waals surface area (Å²) in [5, 5.41) is 6.83. The lowest BCUT2D eigenvalue weighted by atomic mass is 10.2. The highest BCUT2D eigenvalue weighted by Gasteiger charge is 2.10. The first-order valence-corrected chi connectivity index (χ1v) is 8.43. The topological polar surface area (TPSA) is 63.2 Å². The molecule has 0 radical (unpaired) electrons. The van der Waals surface area contributed by atoms with E-state index in [0.29, 0.717) is 32.7 Å². The number of nitrogens with zero attached hydrogens (tertiary/aromatic N) is 1. The van der Waals surface area contributed by atoms with Gasteiger partial charge < -0.3 is 15.4 Å². The van der Waals surface area contributed by atoms with Crippen LogP contribution in [0.2, 0.25) is 10.0 Å². The lowest BCUT2D eigenvalue weighted by Crippen LogP contribution is -2.12. The summed E-state index contributed by atoms with van der Waals surface area (Å²) in [5.74, 6) is 0.371. The van der Waals surface area contributed by atoms with E-state index in [1.54, 1.807) is 37.6 Å². The molecule has 7 heteroatoms. The van der Waals surface area contributed by atoms with E-state index in [1.165, 1.54) is 6.20 Å². The van der Waals surface area contributed by atoms with Crippen LogP contribution in [0.1, 0.15) is 10.4 Å². The van der Waals surface area contributed by atoms with E-state index in [1.807, 2.05) is 24.3 Å². The molecule has 0 saturated carbocycles. The number of hydrogen-bond donors (Lipinski definition) is 2. The van der Waals surface area contributed by atoms with Crippen molar-refractivity contribution in [1.29, 1.82) is 0 Å². The Bertz CT molecular complexity index is 927. The van der Waals surface area contributed by atoms with E-state index >= 15 is 0 Å². The molecule has 0 spiro atoms. The summed E-state index contributed by atoms with van der Waals surface area (Å²) >= 11 is 11.9. The molecule has 1 heterocycles. The number of aromatic nitrogens is 1. The summed E-state index contributed by atoms with van der Waals surface area (Å²) in [4.78, 5) is 16.6. The van der Waals surface area contributed by atoms with Gasteiger partial charge in [-0.05, 0) is 36.4 Å². The van der Waals surface area contributed by atoms with Crippen LogP contribution in [0.15, 0.2) is 60.9 Å². The normalized spacial score (nSPS) is 10.3. The summed E-state index contributed by atoms with van der Waals surface area (Å²) < 4.78 is 5.31. The molecule has 1 aromatic heterocycles. The molecule has 0 unspecified atom stereocenters. The Morgan fingerprint density at radius 2 is 1.73 bits per heavy atom. The average Bonchev–Trinajstić information content (AvgIpc) is 2.61. The Morgan fingerprint density at radius 1 is 1.00 bits per heavy atom. The Labute approximate surface area is 160 Å². The predicted molar refractivity (Wildman–Crippen MR) is 105 cm³/mol. The van der Waals surface area contributed by atoms with Gasteiger partial charge in [-0.2, -0.15) is 0 Å². The molecule has 26 heavy (non-hydrogen) atoms. The first-order valence-electron chi connectivity index (χ1n) is 7.67. The minimum absolute atomic E-state index is 0.320. The van der Waals surface area contributed by atoms with E-state index in [-0.39, 0.29) is 5.91 Å². The van der Waals surface area contributed by atoms with Gasteiger partial charge >= 0.3 is 0 Å². The maximum atomic E-state index is 12.5. The zero-order valence-corrected chi connectivity index (χ0v) is 15.3. The third kappa shape index (κ3) is 4.45. The van der Waals surface area contributed by atoms with Gasteiger partial charge in [-0.15, -0.1) is 0 Å². The molecular formula is C19H15Cl2N3O2. The first kappa shape index (κ1) is 18.0. The molecule has 3 rings (SSSR count). The number of ether oxygens (including phenoxy) is 1. The molecule has 0 atom stereocenters. The summed E-state index contributed by atoms with van der Waals surface area (Å²) in [6.07, 6.45) is 3.11. The van der Waals surface area contributed by atoms with Crippen LogP contribution in [-0.4, -0.2) is 18.0 Å². The van der Waals surface area contributed by atoms with Crippen LogP contribution < -0.4 is 15.4 Å². The largest absolute Gasteiger partial charge is 0.495 e. The lowest BCUT2D eigenvalue weighted by molar-refractivity contribution is 0.102. The van der Waals surface area contributed by atoms with Crippen molar-refractivity contribution in [1.82, 2.24) is 4.98 Å². The number of pyridine rings is 1. The average molecular weight is 388 g/mol. The van der Waals surface area contributed by atoms with Gasteiger partial charge in [-0.25, -0.2) is 0 Å². The maximum Gasteiger partial charge on any atom is 0.257 e. The van der Waals surface area contributed by atoms with Gasteiger partial charge in [0.1, 0.15) is 5.75 Å². The Balaban J connectivity index is 1.79. The van der Waals surface area contributed by atoms with Crippen molar-refractivity contribution in [2.45, 2.75) is 0 Å². The quantitative estimate of drug-likeness (QED) is 0.615. The van der Waals surface area contributed by atoms with Crippen LogP contribution in [0.5, 0.6) is 5.75 Å². The fraction of sp³-hybridized carbons (Fsp3) is 0.0526. The van der Waals surface area contributed by atoms with E-state index in [9.17, 15) is 4.79 Å². The molecule has 2 N–H and O–H groups in total. The van der Waals surface area contributed by atoms with Gasteiger partial charge in [0.25, 0.3) is 5.91 Å². The number of nitrogens with one attached hydrogen (secondary N) is 2. The van der Waals surface area contributed by atoms with Crippen LogP contribution >= 0.6 is 23.2 Å². The Morgan fingerprint density at radius 3 is 2.46 bits per heavy atom. The first-order chi connectivity index (χ1) is 12.5. The van der Waals surface area contributed by atoms with E-state index in [0.717, 1.165) is 5.69 Å². The number of carbonyl (C=O) groups excluding carboxylic acids is 1. The summed E-state index contributed by atoms with van der Waals surface area (Å²) in [6.45, 7) is 0. The number of amides is 1. The molecule has 0 bridgehead atoms. The van der Waals surface area contributed by atoms with Crippen molar-refractivity contribution in [2.75, 3.05) is 17.7 Å². The monoisotopic (exact) mass is 387 g/mol. The fourth-order valence-corrected chi connectivity index (χ4v) is 2.89. The number of benzene rings is 2. The zero-order valence-electron chi connectivity index (χ0n) is 13.8. The number of methoxy groups -OCH3 is 1. The molecule has 132 valence electrons. The van der Waals surface area contributed by atoms with Crippen LogP contribution in [0, 0.1) is 0 Å². The fourth-order valence-electron chi connectivity index (χ4n) is 2.37. The number of carbonyl (C=O) groups is 1. The molecule has 2 aromatic carbocycles. The zero-order chi connectivity index (χ0) is 18.5. The summed E-state index contributed by atoms with van der Waals surface area (Å²) in [6, 6.07) is 14.0. The van der Waals surface area contributed by atoms with Crippen LogP contribution in [0.25, 0.3) is 0 Å². The second-order valence-electron chi connectivity index (χ2n) is 5.40. The summed E-state index contributed by atoms with van der Waals surface area (Å²) in [5.41, 5.74) is 2.33. The van der Waals surface area contributed by atoms with Crippen LogP contribution in [0.3, 0.4) is 0 Å². The molecular weight excluding hydrogens is 373 g/mol. The van der Waals surface area contributed by atoms with Crippen molar-refractivity contribution >= 4 is 46.2 Å². The molecule has 0 fully saturated rings. The SMILES string of the molecule is COc1ccccc1Nc1cncc(C(=O)Nc2cc(Cl)cc(Cl)c2)c1. The maximum absolute atomic E-state index is 12.5. The van der Waals surface area contributed by atoms with Gasteiger partial charge in [-0.3, -0.25) is 9.78 Å². The van der Waals surface area contributed by atoms with Crippen LogP contribution in [0.4, 0.5) is 17.1 Å². The molecule has 0 saturated heterocycles. The summed E-state index contributed by atoms with van der Waals surface area (Å²) in [7, 11) is 1.60. The standard InChI is InChI=1S/C19H15Cl2N3O2/c1-26-18-5-3-2-4-17(18)23-16-6-12(10-22-11-16)19(25)24-15-8-13(20)7-14(21)9-15/h2-11,23H,1H3,(H,24,25). The minimum atomic E-state index is -0.320. The number of rotatable bonds is 5. The molecule has 5 nitrogen and oxygen atoms in total. The third-order valence-corrected chi connectivity index (χ3v) is 3.94. The van der Waals surface area contributed by atoms with Crippen LogP contribution in [-0.2, 0) is 0 Å². The molecule has 0 aliphatic rings. The van der Waals surface area contributed by atoms with E-state index in [2.05, 4.69) is 15.6 Å². The highest BCUT2D eigenvalue weighted by atomic mass is 35.5. The number of hydrogen-bond acceptors (Lipinski definition) is 4. The second-order valence-corrected chi connectivity index (χ2v) is 6.27. The molecule has 0 aliphatic carbocycles. The minimum Gasteiger partial charge on any atom is -0.495 e. The number of anilines is 3. The molecule has 0 aliphatic heterocycles. The smallest absolute Gasteiger partial charge is 0.257 e. The molecule has 3 aromatic rings. The Hall–Kier alpha value is -2.76. The van der Waals surface area contributed by atoms with Crippen molar-refractivity contribution in [2.24, 2.45) is 0 Å². The van der Waals surface area contributed by atoms with Crippen molar-refractivity contribution in [3.8, 4) is 5.75 Å². The number of para-hydroxylation sites is 2. The van der Waals surface area contributed by atoms with Gasteiger partial charge in [0, 0.05) is 21.9 Å². The van der Waals surface area contributed by atoms with E-state index < -0.39 is 0 Å². The highest BCUT2D eigenvalue weighted by Crippen LogP contribution is 2.27. The third-order valence-electron chi connectivity index (χ3n) is 3.51. The lowest BCUT2D eigenvalue weighted by Gasteiger charge is -2.11. The van der Waals surface area contributed by atoms with Crippen molar-refractivity contribution in [3.63, 3.8) is 0 Å². The second kappa shape index (κ2) is 8.08. The predicted octanol–water partition coefficient (Wildman–Crippen LogP) is 5.39. The van der Waals surface area contributed by atoms with Gasteiger partial charge in [0.2, 0.25) is 0 Å². The van der Waals surface area contributed by atoms with Gasteiger partial charge in [-0.1, -0.05) is 35.3 Å². The highest BCUT2D eigenvalue weighted by molar-refractivity contribution is 6.35. The van der Waals surface area contributed by atoms with Crippen molar-refractivity contribution in [3.05, 3.63) is 76.5 Å². The van der Waals surface area contributed by atoms with E-state index in [4.69, 9.17) is 27.9 Å². The Kier molecular flexibility index (Phi) is 5.61. The number of halogens is 2. The van der Waals surface area contributed by atoms with Crippen molar-refractivity contribution < 1.29 is 9.53 Å². The van der Waals surface area contributed by atoms with Gasteiger partial charge in [0.15, 0.2) is 0 Å². The van der Waals surface area contributed by atoms with Gasteiger partial charge in [0.05, 0.1) is 30.2 Å². The molecule has 1 amide bonds.